The van der Waals surface area contributed by atoms with Crippen molar-refractivity contribution in [2.75, 3.05) is 0 Å². The molecule has 0 N–H and O–H groups in total. The number of rotatable bonds is 6. The Morgan fingerprint density at radius 2 is 1.18 bits per heavy atom. The molecule has 1 atom stereocenters. The molecule has 1 aliphatic carbocycles. The molecule has 286 valence electrons. The minimum Gasteiger partial charge on any atom is -0.341 e. The van der Waals surface area contributed by atoms with E-state index in [9.17, 15) is 0 Å². The van der Waals surface area contributed by atoms with Gasteiger partial charge >= 0.3 is 0 Å². The van der Waals surface area contributed by atoms with E-state index in [0.717, 1.165) is 24.2 Å². The molecule has 3 nitrogen and oxygen atoms in total. The monoisotopic (exact) mass is 787 g/mol. The summed E-state index contributed by atoms with van der Waals surface area (Å²) in [5.74, 6) is 0. The third-order valence-electron chi connectivity index (χ3n) is 13.0. The highest BCUT2D eigenvalue weighted by atomic mass is 32.1. The molecule has 11 aromatic rings. The van der Waals surface area contributed by atoms with Crippen LogP contribution in [0.1, 0.15) is 30.7 Å². The summed E-state index contributed by atoms with van der Waals surface area (Å²) in [5.41, 5.74) is 16.0. The highest BCUT2D eigenvalue weighted by Crippen LogP contribution is 2.44. The Morgan fingerprint density at radius 3 is 1.88 bits per heavy atom. The molecule has 0 fully saturated rings. The van der Waals surface area contributed by atoms with Gasteiger partial charge in [-0.15, -0.1) is 11.3 Å². The van der Waals surface area contributed by atoms with Crippen molar-refractivity contribution in [3.05, 3.63) is 199 Å². The van der Waals surface area contributed by atoms with E-state index < -0.39 is 0 Å². The maximum atomic E-state index is 4.64. The lowest BCUT2D eigenvalue weighted by Crippen LogP contribution is -2.25. The molecule has 4 heterocycles. The zero-order valence-electron chi connectivity index (χ0n) is 33.6. The van der Waals surface area contributed by atoms with Crippen molar-refractivity contribution < 1.29 is 0 Å². The summed E-state index contributed by atoms with van der Waals surface area (Å²) in [5, 5.41) is 6.52. The summed E-state index contributed by atoms with van der Waals surface area (Å²) >= 11 is 1.88. The molecule has 4 heteroatoms. The average Bonchev–Trinajstić information content (AvgIpc) is 3.95. The Kier molecular flexibility index (Phi) is 7.88. The first-order chi connectivity index (χ1) is 29.5. The second kappa shape index (κ2) is 13.5. The van der Waals surface area contributed by atoms with Crippen molar-refractivity contribution in [3.63, 3.8) is 0 Å². The van der Waals surface area contributed by atoms with Crippen LogP contribution in [0, 0.1) is 0 Å². The summed E-state index contributed by atoms with van der Waals surface area (Å²) in [4.78, 5) is 4.64. The average molecular weight is 788 g/mol. The molecule has 0 saturated carbocycles. The van der Waals surface area contributed by atoms with Crippen molar-refractivity contribution in [2.24, 2.45) is 0 Å². The van der Waals surface area contributed by atoms with E-state index in [1.807, 2.05) is 23.6 Å². The van der Waals surface area contributed by atoms with Gasteiger partial charge in [0.05, 0.1) is 16.7 Å². The first-order valence-electron chi connectivity index (χ1n) is 20.9. The van der Waals surface area contributed by atoms with Gasteiger partial charge in [0.25, 0.3) is 0 Å². The molecule has 0 bridgehead atoms. The molecule has 60 heavy (non-hydrogen) atoms. The number of aromatic nitrogens is 3. The predicted molar refractivity (Wildman–Crippen MR) is 255 cm³/mol. The zero-order valence-corrected chi connectivity index (χ0v) is 34.4. The fraction of sp³-hybridized carbons (Fsp3) is 0.0893. The largest absolute Gasteiger partial charge is 0.341 e. The van der Waals surface area contributed by atoms with E-state index in [4.69, 9.17) is 0 Å². The Morgan fingerprint density at radius 1 is 0.550 bits per heavy atom. The first kappa shape index (κ1) is 35.0. The molecule has 1 aliphatic rings. The minimum atomic E-state index is -0.143. The molecule has 0 radical (unpaired) electrons. The quantitative estimate of drug-likeness (QED) is 0.165. The van der Waals surface area contributed by atoms with Crippen LogP contribution < -0.4 is 0 Å². The van der Waals surface area contributed by atoms with Gasteiger partial charge in [0, 0.05) is 76.9 Å². The van der Waals surface area contributed by atoms with E-state index >= 15 is 0 Å². The Hall–Kier alpha value is -7.01. The first-order valence-corrected chi connectivity index (χ1v) is 21.8. The molecule has 0 aliphatic heterocycles. The smallest absolute Gasteiger partial charge is 0.0702 e. The van der Waals surface area contributed by atoms with Gasteiger partial charge in [-0.2, -0.15) is 0 Å². The molecule has 7 aromatic carbocycles. The van der Waals surface area contributed by atoms with Gasteiger partial charge in [-0.3, -0.25) is 4.98 Å². The van der Waals surface area contributed by atoms with Crippen molar-refractivity contribution >= 4 is 70.3 Å². The summed E-state index contributed by atoms with van der Waals surface area (Å²) in [7, 11) is 0. The van der Waals surface area contributed by atoms with Gasteiger partial charge in [0.15, 0.2) is 0 Å². The molecule has 4 aromatic heterocycles. The fourth-order valence-electron chi connectivity index (χ4n) is 9.96. The Bertz CT molecular complexity index is 3470. The van der Waals surface area contributed by atoms with Gasteiger partial charge in [0.2, 0.25) is 0 Å². The van der Waals surface area contributed by atoms with Gasteiger partial charge < -0.3 is 9.13 Å². The summed E-state index contributed by atoms with van der Waals surface area (Å²) in [6.45, 7) is 5.57. The maximum Gasteiger partial charge on any atom is 0.0702 e. The number of nitrogens with zero attached hydrogens (tertiary/aromatic N) is 3. The van der Waals surface area contributed by atoms with Crippen LogP contribution in [0.5, 0.6) is 0 Å². The highest BCUT2D eigenvalue weighted by molar-refractivity contribution is 7.25. The minimum absolute atomic E-state index is 0.143. The van der Waals surface area contributed by atoms with Gasteiger partial charge in [-0.1, -0.05) is 104 Å². The molecular formula is C56H41N3S. The molecule has 0 saturated heterocycles. The predicted octanol–water partition coefficient (Wildman–Crippen LogP) is 15.0. The van der Waals surface area contributed by atoms with Crippen LogP contribution in [0.3, 0.4) is 0 Å². The van der Waals surface area contributed by atoms with Crippen LogP contribution in [0.15, 0.2) is 182 Å². The number of hydrogen-bond donors (Lipinski definition) is 0. The van der Waals surface area contributed by atoms with E-state index in [0.29, 0.717) is 0 Å². The standard InChI is InChI=1S/C56H41N3S/c1-3-58-50-24-21-37(32-45(50)48-35-56(2,28-27-51(48)58)41-14-10-13-40(30-41)49-18-8-9-29-57-49)39-23-26-55-47(34-39)46-33-38(22-25-54(46)60-55)36-12-11-15-42(31-36)59-52-19-6-4-16-43(52)44-17-5-7-20-53(44)59/h4-34H,3,35H2,1-2H3. The number of para-hydroxylation sites is 2. The van der Waals surface area contributed by atoms with Crippen LogP contribution in [0.4, 0.5) is 0 Å². The molecule has 12 rings (SSSR count). The summed E-state index contributed by atoms with van der Waals surface area (Å²) in [6, 6.07) is 62.7. The zero-order chi connectivity index (χ0) is 40.0. The van der Waals surface area contributed by atoms with Crippen LogP contribution >= 0.6 is 11.3 Å². The number of benzene rings is 7. The second-order valence-corrected chi connectivity index (χ2v) is 17.6. The van der Waals surface area contributed by atoms with E-state index in [-0.39, 0.29) is 5.41 Å². The summed E-state index contributed by atoms with van der Waals surface area (Å²) in [6.07, 6.45) is 7.60. The lowest BCUT2D eigenvalue weighted by atomic mass is 9.73. The fourth-order valence-corrected chi connectivity index (χ4v) is 11.0. The van der Waals surface area contributed by atoms with Crippen molar-refractivity contribution in [1.82, 2.24) is 14.1 Å². The lowest BCUT2D eigenvalue weighted by molar-refractivity contribution is 0.585. The molecule has 1 unspecified atom stereocenters. The van der Waals surface area contributed by atoms with Crippen molar-refractivity contribution in [3.8, 4) is 39.2 Å². The van der Waals surface area contributed by atoms with E-state index in [1.165, 1.54) is 97.6 Å². The Labute approximate surface area is 353 Å². The van der Waals surface area contributed by atoms with Gasteiger partial charge in [0.1, 0.15) is 0 Å². The topological polar surface area (TPSA) is 22.8 Å². The van der Waals surface area contributed by atoms with Crippen molar-refractivity contribution in [2.45, 2.75) is 32.2 Å². The van der Waals surface area contributed by atoms with Gasteiger partial charge in [-0.05, 0) is 132 Å². The number of pyridine rings is 1. The Balaban J connectivity index is 0.927. The maximum absolute atomic E-state index is 4.64. The third kappa shape index (κ3) is 5.44. The number of allylic oxidation sites excluding steroid dienone is 1. The van der Waals surface area contributed by atoms with E-state index in [2.05, 4.69) is 204 Å². The van der Waals surface area contributed by atoms with Crippen LogP contribution in [0.25, 0.3) is 98.2 Å². The number of hydrogen-bond acceptors (Lipinski definition) is 2. The van der Waals surface area contributed by atoms with Gasteiger partial charge in [-0.25, -0.2) is 0 Å². The number of aryl methyl sites for hydroxylation is 1. The molecule has 0 amide bonds. The highest BCUT2D eigenvalue weighted by Gasteiger charge is 2.32. The second-order valence-electron chi connectivity index (χ2n) is 16.5. The van der Waals surface area contributed by atoms with Crippen LogP contribution in [0.2, 0.25) is 0 Å². The molecule has 0 spiro atoms. The summed E-state index contributed by atoms with van der Waals surface area (Å²) < 4.78 is 7.52. The number of fused-ring (bicyclic) bond motifs is 9. The lowest BCUT2D eigenvalue weighted by Gasteiger charge is -2.31. The normalized spacial score (nSPS) is 15.2. The third-order valence-corrected chi connectivity index (χ3v) is 14.1. The van der Waals surface area contributed by atoms with Crippen molar-refractivity contribution in [1.29, 1.82) is 0 Å². The van der Waals surface area contributed by atoms with E-state index in [1.54, 1.807) is 0 Å². The number of thiophene rings is 1. The van der Waals surface area contributed by atoms with Crippen LogP contribution in [-0.2, 0) is 18.4 Å². The SMILES string of the molecule is CCn1c2c(c3cc(-c4ccc5sc6ccc(-c7cccc(-n8c9ccccc9c9ccccc98)c7)cc6c5c4)ccc31)CC(C)(c1cccc(-c3ccccn3)c1)C=C2. The van der Waals surface area contributed by atoms with Crippen LogP contribution in [-0.4, -0.2) is 14.1 Å². The molecular weight excluding hydrogens is 747 g/mol.